The van der Waals surface area contributed by atoms with Crippen LogP contribution in [-0.2, 0) is 16.0 Å². The third-order valence-corrected chi connectivity index (χ3v) is 4.35. The summed E-state index contributed by atoms with van der Waals surface area (Å²) in [5, 5.41) is 5.61. The summed E-state index contributed by atoms with van der Waals surface area (Å²) < 4.78 is 0. The molecule has 0 aliphatic heterocycles. The largest absolute Gasteiger partial charge is 0.344 e. The molecule has 3 aromatic rings. The number of H-pyrrole nitrogens is 1. The van der Waals surface area contributed by atoms with Crippen molar-refractivity contribution < 1.29 is 9.59 Å². The Balaban J connectivity index is 1.63. The highest BCUT2D eigenvalue weighted by atomic mass is 16.2. The Bertz CT molecular complexity index is 898. The van der Waals surface area contributed by atoms with Crippen LogP contribution in [0.2, 0.25) is 0 Å². The zero-order valence-electron chi connectivity index (χ0n) is 15.6. The number of hydrogen-bond acceptors (Lipinski definition) is 3. The average molecular weight is 364 g/mol. The lowest BCUT2D eigenvalue weighted by atomic mass is 10.1. The summed E-state index contributed by atoms with van der Waals surface area (Å²) in [6.45, 7) is 3.98. The number of fused-ring (bicyclic) bond motifs is 1. The van der Waals surface area contributed by atoms with Gasteiger partial charge in [-0.2, -0.15) is 0 Å². The van der Waals surface area contributed by atoms with E-state index in [4.69, 9.17) is 0 Å². The molecule has 3 N–H and O–H groups in total. The lowest BCUT2D eigenvalue weighted by Crippen LogP contribution is -2.44. The summed E-state index contributed by atoms with van der Waals surface area (Å²) in [4.78, 5) is 32.4. The van der Waals surface area contributed by atoms with E-state index in [2.05, 4.69) is 20.6 Å². The van der Waals surface area contributed by atoms with E-state index in [0.29, 0.717) is 12.4 Å². The first kappa shape index (κ1) is 18.6. The Hall–Kier alpha value is -3.15. The third-order valence-electron chi connectivity index (χ3n) is 4.35. The van der Waals surface area contributed by atoms with Crippen LogP contribution in [0.15, 0.2) is 48.5 Å². The summed E-state index contributed by atoms with van der Waals surface area (Å²) in [6.07, 6.45) is 1.59. The number of benzene rings is 2. The normalized spacial score (nSPS) is 11.9. The molecular formula is C21H24N4O2. The first-order chi connectivity index (χ1) is 13.0. The Morgan fingerprint density at radius 1 is 1.11 bits per heavy atom. The van der Waals surface area contributed by atoms with E-state index in [9.17, 15) is 9.59 Å². The molecular weight excluding hydrogens is 340 g/mol. The predicted octanol–water partition coefficient (Wildman–Crippen LogP) is 3.34. The number of aromatic nitrogens is 2. The molecule has 2 aromatic carbocycles. The molecule has 0 saturated carbocycles. The summed E-state index contributed by atoms with van der Waals surface area (Å²) in [6, 6.07) is 14.8. The molecule has 1 atom stereocenters. The highest BCUT2D eigenvalue weighted by Gasteiger charge is 2.21. The number of aryl methyl sites for hydroxylation is 1. The number of carbonyl (C=O) groups excluding carboxylic acids is 2. The van der Waals surface area contributed by atoms with Crippen LogP contribution in [-0.4, -0.2) is 27.8 Å². The summed E-state index contributed by atoms with van der Waals surface area (Å²) in [5.74, 6) is -0.0553. The minimum atomic E-state index is -0.596. The van der Waals surface area contributed by atoms with Gasteiger partial charge in [0, 0.05) is 0 Å². The topological polar surface area (TPSA) is 86.9 Å². The van der Waals surface area contributed by atoms with Crippen LogP contribution in [0.25, 0.3) is 11.0 Å². The number of anilines is 1. The highest BCUT2D eigenvalue weighted by Crippen LogP contribution is 2.14. The number of para-hydroxylation sites is 2. The van der Waals surface area contributed by atoms with Crippen molar-refractivity contribution >= 4 is 28.8 Å². The molecule has 0 spiro atoms. The number of nitrogens with one attached hydrogen (secondary N) is 3. The maximum Gasteiger partial charge on any atom is 0.249 e. The summed E-state index contributed by atoms with van der Waals surface area (Å²) >= 11 is 0. The second-order valence-electron chi connectivity index (χ2n) is 6.66. The molecule has 3 rings (SSSR count). The van der Waals surface area contributed by atoms with Gasteiger partial charge < -0.3 is 10.3 Å². The van der Waals surface area contributed by atoms with Crippen LogP contribution in [0.3, 0.4) is 0 Å². The number of hydrogen-bond donors (Lipinski definition) is 3. The molecule has 6 nitrogen and oxygen atoms in total. The van der Waals surface area contributed by atoms with Gasteiger partial charge in [-0.25, -0.2) is 4.98 Å². The van der Waals surface area contributed by atoms with Gasteiger partial charge in [-0.05, 0) is 31.0 Å². The Kier molecular flexibility index (Phi) is 5.86. The van der Waals surface area contributed by atoms with Crippen molar-refractivity contribution in [2.45, 2.75) is 39.2 Å². The lowest BCUT2D eigenvalue weighted by molar-refractivity contribution is -0.126. The molecule has 0 saturated heterocycles. The van der Waals surface area contributed by atoms with E-state index in [0.717, 1.165) is 28.6 Å². The molecule has 0 fully saturated rings. The van der Waals surface area contributed by atoms with Gasteiger partial charge in [0.05, 0.1) is 17.5 Å². The number of nitrogens with zero attached hydrogens (tertiary/aromatic N) is 1. The Labute approximate surface area is 158 Å². The van der Waals surface area contributed by atoms with E-state index >= 15 is 0 Å². The fourth-order valence-corrected chi connectivity index (χ4v) is 2.91. The molecule has 2 amide bonds. The minimum Gasteiger partial charge on any atom is -0.344 e. The highest BCUT2D eigenvalue weighted by molar-refractivity contribution is 5.97. The van der Waals surface area contributed by atoms with Crippen molar-refractivity contribution in [3.05, 3.63) is 59.7 Å². The number of imidazole rings is 1. The zero-order chi connectivity index (χ0) is 19.2. The van der Waals surface area contributed by atoms with Gasteiger partial charge in [0.25, 0.3) is 0 Å². The quantitative estimate of drug-likeness (QED) is 0.601. The summed E-state index contributed by atoms with van der Waals surface area (Å²) in [7, 11) is 0. The molecule has 1 heterocycles. The molecule has 1 unspecified atom stereocenters. The fraction of sp³-hybridized carbons (Fsp3) is 0.286. The Morgan fingerprint density at radius 2 is 1.85 bits per heavy atom. The fourth-order valence-electron chi connectivity index (χ4n) is 2.91. The second-order valence-corrected chi connectivity index (χ2v) is 6.66. The smallest absolute Gasteiger partial charge is 0.249 e. The van der Waals surface area contributed by atoms with Crippen LogP contribution in [0, 0.1) is 6.92 Å². The van der Waals surface area contributed by atoms with Gasteiger partial charge in [0.2, 0.25) is 17.8 Å². The first-order valence-corrected chi connectivity index (χ1v) is 9.15. The van der Waals surface area contributed by atoms with E-state index in [1.807, 2.05) is 62.4 Å². The van der Waals surface area contributed by atoms with E-state index in [1.165, 1.54) is 0 Å². The van der Waals surface area contributed by atoms with E-state index < -0.39 is 6.04 Å². The van der Waals surface area contributed by atoms with Crippen molar-refractivity contribution in [3.8, 4) is 0 Å². The zero-order valence-corrected chi connectivity index (χ0v) is 15.6. The van der Waals surface area contributed by atoms with Crippen molar-refractivity contribution in [2.75, 3.05) is 5.32 Å². The standard InChI is InChI=1S/C21H24N4O2/c1-3-6-18(22-19(26)13-15-11-9-14(2)10-12-15)20(27)25-21-23-16-7-4-5-8-17(16)24-21/h4-5,7-12,18H,3,6,13H2,1-2H3,(H,22,26)(H2,23,24,25,27). The van der Waals surface area contributed by atoms with Crippen molar-refractivity contribution in [3.63, 3.8) is 0 Å². The van der Waals surface area contributed by atoms with Crippen LogP contribution in [0.5, 0.6) is 0 Å². The van der Waals surface area contributed by atoms with Gasteiger partial charge >= 0.3 is 0 Å². The van der Waals surface area contributed by atoms with Crippen LogP contribution >= 0.6 is 0 Å². The molecule has 1 aromatic heterocycles. The first-order valence-electron chi connectivity index (χ1n) is 9.15. The third kappa shape index (κ3) is 4.94. The van der Waals surface area contributed by atoms with Crippen molar-refractivity contribution in [2.24, 2.45) is 0 Å². The average Bonchev–Trinajstić information content (AvgIpc) is 3.05. The van der Waals surface area contributed by atoms with E-state index in [-0.39, 0.29) is 18.2 Å². The number of amides is 2. The SMILES string of the molecule is CCCC(NC(=O)Cc1ccc(C)cc1)C(=O)Nc1nc2ccccc2[nH]1. The van der Waals surface area contributed by atoms with E-state index in [1.54, 1.807) is 0 Å². The predicted molar refractivity (Wildman–Crippen MR) is 106 cm³/mol. The molecule has 140 valence electrons. The monoisotopic (exact) mass is 364 g/mol. The molecule has 0 radical (unpaired) electrons. The maximum absolute atomic E-state index is 12.6. The number of aromatic amines is 1. The van der Waals surface area contributed by atoms with Crippen LogP contribution < -0.4 is 10.6 Å². The van der Waals surface area contributed by atoms with Crippen LogP contribution in [0.4, 0.5) is 5.95 Å². The van der Waals surface area contributed by atoms with Gasteiger partial charge in [0.1, 0.15) is 6.04 Å². The molecule has 0 aliphatic carbocycles. The molecule has 0 bridgehead atoms. The van der Waals surface area contributed by atoms with Crippen molar-refractivity contribution in [1.29, 1.82) is 0 Å². The van der Waals surface area contributed by atoms with Crippen molar-refractivity contribution in [1.82, 2.24) is 15.3 Å². The van der Waals surface area contributed by atoms with Gasteiger partial charge in [-0.15, -0.1) is 0 Å². The molecule has 6 heteroatoms. The Morgan fingerprint density at radius 3 is 2.56 bits per heavy atom. The molecule has 0 aliphatic rings. The van der Waals surface area contributed by atoms with Gasteiger partial charge in [0.15, 0.2) is 0 Å². The molecule has 27 heavy (non-hydrogen) atoms. The number of rotatable bonds is 7. The second kappa shape index (κ2) is 8.49. The maximum atomic E-state index is 12.6. The minimum absolute atomic E-state index is 0.169. The summed E-state index contributed by atoms with van der Waals surface area (Å²) in [5.41, 5.74) is 3.70. The van der Waals surface area contributed by atoms with Gasteiger partial charge in [-0.1, -0.05) is 55.3 Å². The number of carbonyl (C=O) groups is 2. The van der Waals surface area contributed by atoms with Crippen LogP contribution in [0.1, 0.15) is 30.9 Å². The lowest BCUT2D eigenvalue weighted by Gasteiger charge is -2.17. The van der Waals surface area contributed by atoms with Gasteiger partial charge in [-0.3, -0.25) is 14.9 Å².